The monoisotopic (exact) mass is 171 g/mol. The molecule has 1 saturated heterocycles. The number of β-amino-alcohol motifs (C(OH)–C–C–N with tert-alkyl or cyclic N) is 1. The van der Waals surface area contributed by atoms with Gasteiger partial charge in [0.15, 0.2) is 0 Å². The Bertz CT molecular complexity index is 139. The first kappa shape index (κ1) is 10.0. The average molecular weight is 171 g/mol. The summed E-state index contributed by atoms with van der Waals surface area (Å²) in [5.74, 6) is 0.807. The highest BCUT2D eigenvalue weighted by Gasteiger charge is 2.22. The molecule has 0 amide bonds. The summed E-state index contributed by atoms with van der Waals surface area (Å²) in [4.78, 5) is 2.37. The fourth-order valence-corrected chi connectivity index (χ4v) is 1.98. The first-order valence-electron chi connectivity index (χ1n) is 4.92. The Kier molecular flexibility index (Phi) is 3.13. The van der Waals surface area contributed by atoms with Gasteiger partial charge in [0.2, 0.25) is 0 Å². The summed E-state index contributed by atoms with van der Waals surface area (Å²) in [5, 5.41) is 9.61. The van der Waals surface area contributed by atoms with Gasteiger partial charge >= 0.3 is 0 Å². The molecule has 1 rings (SSSR count). The molecule has 1 fully saturated rings. The van der Waals surface area contributed by atoms with Crippen LogP contribution in [0.5, 0.6) is 0 Å². The number of hydrogen-bond donors (Lipinski definition) is 1. The van der Waals surface area contributed by atoms with Crippen LogP contribution in [0.1, 0.15) is 33.6 Å². The van der Waals surface area contributed by atoms with E-state index in [4.69, 9.17) is 0 Å². The third kappa shape index (κ3) is 3.55. The van der Waals surface area contributed by atoms with Crippen molar-refractivity contribution in [3.05, 3.63) is 0 Å². The minimum atomic E-state index is -0.531. The molecule has 2 heteroatoms. The number of piperidine rings is 1. The molecule has 1 heterocycles. The molecule has 0 aromatic rings. The molecule has 1 aliphatic heterocycles. The highest BCUT2D eigenvalue weighted by molar-refractivity contribution is 4.76. The number of rotatable bonds is 2. The van der Waals surface area contributed by atoms with Crippen molar-refractivity contribution < 1.29 is 5.11 Å². The lowest BCUT2D eigenvalue weighted by Crippen LogP contribution is -2.43. The van der Waals surface area contributed by atoms with E-state index in [0.717, 1.165) is 25.6 Å². The van der Waals surface area contributed by atoms with Gasteiger partial charge in [-0.3, -0.25) is 0 Å². The van der Waals surface area contributed by atoms with Crippen molar-refractivity contribution >= 4 is 0 Å². The number of likely N-dealkylation sites (tertiary alicyclic amines) is 1. The second kappa shape index (κ2) is 3.75. The topological polar surface area (TPSA) is 23.5 Å². The van der Waals surface area contributed by atoms with Gasteiger partial charge in [-0.1, -0.05) is 6.92 Å². The van der Waals surface area contributed by atoms with Crippen molar-refractivity contribution in [1.82, 2.24) is 4.90 Å². The average Bonchev–Trinajstić information content (AvgIpc) is 1.82. The fourth-order valence-electron chi connectivity index (χ4n) is 1.98. The van der Waals surface area contributed by atoms with Gasteiger partial charge in [0.25, 0.3) is 0 Å². The van der Waals surface area contributed by atoms with Gasteiger partial charge in [0.05, 0.1) is 5.60 Å². The summed E-state index contributed by atoms with van der Waals surface area (Å²) >= 11 is 0. The van der Waals surface area contributed by atoms with E-state index in [1.54, 1.807) is 0 Å². The molecule has 1 unspecified atom stereocenters. The molecule has 12 heavy (non-hydrogen) atoms. The van der Waals surface area contributed by atoms with Crippen LogP contribution >= 0.6 is 0 Å². The quantitative estimate of drug-likeness (QED) is 0.680. The van der Waals surface area contributed by atoms with Crippen LogP contribution in [-0.2, 0) is 0 Å². The summed E-state index contributed by atoms with van der Waals surface area (Å²) in [6.07, 6.45) is 2.64. The van der Waals surface area contributed by atoms with E-state index in [1.165, 1.54) is 12.8 Å². The van der Waals surface area contributed by atoms with E-state index >= 15 is 0 Å². The molecule has 1 N–H and O–H groups in total. The first-order valence-corrected chi connectivity index (χ1v) is 4.92. The molecule has 0 aromatic carbocycles. The number of nitrogens with zero attached hydrogens (tertiary/aromatic N) is 1. The van der Waals surface area contributed by atoms with Crippen LogP contribution in [0.25, 0.3) is 0 Å². The largest absolute Gasteiger partial charge is 0.389 e. The van der Waals surface area contributed by atoms with E-state index in [-0.39, 0.29) is 0 Å². The zero-order valence-corrected chi connectivity index (χ0v) is 8.51. The summed E-state index contributed by atoms with van der Waals surface area (Å²) < 4.78 is 0. The van der Waals surface area contributed by atoms with E-state index in [0.29, 0.717) is 0 Å². The first-order chi connectivity index (χ1) is 5.47. The molecular weight excluding hydrogens is 150 g/mol. The SMILES string of the molecule is CC1CCCN(CC(C)(C)O)C1. The third-order valence-corrected chi connectivity index (χ3v) is 2.35. The van der Waals surface area contributed by atoms with Crippen LogP contribution in [0.4, 0.5) is 0 Å². The Morgan fingerprint density at radius 2 is 2.17 bits per heavy atom. The van der Waals surface area contributed by atoms with E-state index in [2.05, 4.69) is 11.8 Å². The standard InChI is InChI=1S/C10H21NO/c1-9-5-4-6-11(7-9)8-10(2,3)12/h9,12H,4-8H2,1-3H3. The normalized spacial score (nSPS) is 27.5. The van der Waals surface area contributed by atoms with Crippen LogP contribution in [0.15, 0.2) is 0 Å². The molecule has 0 bridgehead atoms. The van der Waals surface area contributed by atoms with Gasteiger partial charge in [0, 0.05) is 13.1 Å². The highest BCUT2D eigenvalue weighted by atomic mass is 16.3. The zero-order valence-electron chi connectivity index (χ0n) is 8.51. The Hall–Kier alpha value is -0.0800. The molecule has 0 spiro atoms. The lowest BCUT2D eigenvalue weighted by Gasteiger charge is -2.34. The van der Waals surface area contributed by atoms with Crippen LogP contribution in [-0.4, -0.2) is 35.2 Å². The second-order valence-corrected chi connectivity index (χ2v) is 4.79. The summed E-state index contributed by atoms with van der Waals surface area (Å²) in [5.41, 5.74) is -0.531. The Balaban J connectivity index is 2.32. The number of hydrogen-bond acceptors (Lipinski definition) is 2. The zero-order chi connectivity index (χ0) is 9.19. The predicted molar refractivity (Wildman–Crippen MR) is 51.1 cm³/mol. The lowest BCUT2D eigenvalue weighted by atomic mass is 9.98. The van der Waals surface area contributed by atoms with Gasteiger partial charge < -0.3 is 10.0 Å². The van der Waals surface area contributed by atoms with E-state index in [1.807, 2.05) is 13.8 Å². The van der Waals surface area contributed by atoms with Crippen molar-refractivity contribution in [2.24, 2.45) is 5.92 Å². The fraction of sp³-hybridized carbons (Fsp3) is 1.00. The summed E-state index contributed by atoms with van der Waals surface area (Å²) in [7, 11) is 0. The number of aliphatic hydroxyl groups is 1. The van der Waals surface area contributed by atoms with Crippen LogP contribution in [0, 0.1) is 5.92 Å². The second-order valence-electron chi connectivity index (χ2n) is 4.79. The van der Waals surface area contributed by atoms with E-state index < -0.39 is 5.60 Å². The molecule has 0 radical (unpaired) electrons. The molecule has 0 saturated carbocycles. The van der Waals surface area contributed by atoms with Crippen molar-refractivity contribution in [3.63, 3.8) is 0 Å². The predicted octanol–water partition coefficient (Wildman–Crippen LogP) is 1.49. The summed E-state index contributed by atoms with van der Waals surface area (Å²) in [6.45, 7) is 9.19. The minimum Gasteiger partial charge on any atom is -0.389 e. The van der Waals surface area contributed by atoms with Crippen LogP contribution in [0.3, 0.4) is 0 Å². The molecule has 1 aliphatic rings. The Labute approximate surface area is 75.6 Å². The van der Waals surface area contributed by atoms with Crippen molar-refractivity contribution in [3.8, 4) is 0 Å². The molecular formula is C10H21NO. The molecule has 72 valence electrons. The minimum absolute atomic E-state index is 0.531. The maximum atomic E-state index is 9.61. The van der Waals surface area contributed by atoms with Gasteiger partial charge in [-0.15, -0.1) is 0 Å². The Morgan fingerprint density at radius 3 is 2.67 bits per heavy atom. The third-order valence-electron chi connectivity index (χ3n) is 2.35. The highest BCUT2D eigenvalue weighted by Crippen LogP contribution is 2.17. The molecule has 0 aliphatic carbocycles. The van der Waals surface area contributed by atoms with Gasteiger partial charge in [0.1, 0.15) is 0 Å². The van der Waals surface area contributed by atoms with Gasteiger partial charge in [-0.05, 0) is 39.2 Å². The lowest BCUT2D eigenvalue weighted by molar-refractivity contribution is 0.0231. The van der Waals surface area contributed by atoms with Gasteiger partial charge in [-0.2, -0.15) is 0 Å². The molecule has 2 nitrogen and oxygen atoms in total. The summed E-state index contributed by atoms with van der Waals surface area (Å²) in [6, 6.07) is 0. The maximum Gasteiger partial charge on any atom is 0.0718 e. The molecule has 1 atom stereocenters. The maximum absolute atomic E-state index is 9.61. The van der Waals surface area contributed by atoms with Crippen LogP contribution < -0.4 is 0 Å². The molecule has 0 aromatic heterocycles. The van der Waals surface area contributed by atoms with Gasteiger partial charge in [-0.25, -0.2) is 0 Å². The van der Waals surface area contributed by atoms with Crippen molar-refractivity contribution in [2.45, 2.75) is 39.2 Å². The van der Waals surface area contributed by atoms with E-state index in [9.17, 15) is 5.11 Å². The van der Waals surface area contributed by atoms with Crippen molar-refractivity contribution in [1.29, 1.82) is 0 Å². The Morgan fingerprint density at radius 1 is 1.50 bits per heavy atom. The van der Waals surface area contributed by atoms with Crippen LogP contribution in [0.2, 0.25) is 0 Å². The smallest absolute Gasteiger partial charge is 0.0718 e. The van der Waals surface area contributed by atoms with Crippen molar-refractivity contribution in [2.75, 3.05) is 19.6 Å².